The fourth-order valence-electron chi connectivity index (χ4n) is 2.62. The van der Waals surface area contributed by atoms with Crippen molar-refractivity contribution in [1.29, 1.82) is 0 Å². The fourth-order valence-corrected chi connectivity index (χ4v) is 4.35. The lowest BCUT2D eigenvalue weighted by atomic mass is 9.85. The van der Waals surface area contributed by atoms with Crippen LogP contribution in [-0.4, -0.2) is 32.6 Å². The van der Waals surface area contributed by atoms with Crippen LogP contribution in [0.2, 0.25) is 19.6 Å². The number of ether oxygens (including phenoxy) is 1. The Kier molecular flexibility index (Phi) is 5.56. The summed E-state index contributed by atoms with van der Waals surface area (Å²) in [7, 11) is -1.72. The van der Waals surface area contributed by atoms with Crippen molar-refractivity contribution in [3.63, 3.8) is 0 Å². The summed E-state index contributed by atoms with van der Waals surface area (Å²) in [6.45, 7) is 14.3. The third kappa shape index (κ3) is 4.06. The molecule has 1 amide bonds. The van der Waals surface area contributed by atoms with Gasteiger partial charge >= 0.3 is 5.97 Å². The first-order valence-corrected chi connectivity index (χ1v) is 11.0. The van der Waals surface area contributed by atoms with Crippen LogP contribution < -0.4 is 5.32 Å². The van der Waals surface area contributed by atoms with Crippen molar-refractivity contribution in [3.05, 3.63) is 22.4 Å². The molecule has 21 heavy (non-hydrogen) atoms. The Bertz CT molecular complexity index is 500. The molecule has 0 unspecified atom stereocenters. The molecular formula is C16H27NO3Si. The Morgan fingerprint density at radius 1 is 1.33 bits per heavy atom. The molecule has 0 saturated carbocycles. The van der Waals surface area contributed by atoms with Gasteiger partial charge in [-0.05, 0) is 19.0 Å². The SMILES string of the molecule is CCOC(=O)C1=C(C)[C@@H](C)[C@@H](NC(C)=O)C=C1[Si](C)(C)C. The molecule has 1 aliphatic rings. The summed E-state index contributed by atoms with van der Waals surface area (Å²) >= 11 is 0. The van der Waals surface area contributed by atoms with Crippen LogP contribution in [0.15, 0.2) is 22.4 Å². The van der Waals surface area contributed by atoms with E-state index < -0.39 is 8.07 Å². The molecule has 0 aliphatic heterocycles. The highest BCUT2D eigenvalue weighted by atomic mass is 28.3. The molecule has 5 heteroatoms. The average Bonchev–Trinajstić information content (AvgIpc) is 2.33. The van der Waals surface area contributed by atoms with Crippen molar-refractivity contribution in [1.82, 2.24) is 5.32 Å². The average molecular weight is 309 g/mol. The summed E-state index contributed by atoms with van der Waals surface area (Å²) in [5.41, 5.74) is 1.73. The number of hydrogen-bond donors (Lipinski definition) is 1. The molecule has 0 bridgehead atoms. The first kappa shape index (κ1) is 17.7. The lowest BCUT2D eigenvalue weighted by Crippen LogP contribution is -2.43. The van der Waals surface area contributed by atoms with Gasteiger partial charge in [-0.15, -0.1) is 0 Å². The Balaban J connectivity index is 3.33. The minimum absolute atomic E-state index is 0.0505. The molecule has 2 atom stereocenters. The molecule has 0 aromatic rings. The lowest BCUT2D eigenvalue weighted by molar-refractivity contribution is -0.138. The first-order chi connectivity index (χ1) is 9.59. The molecule has 0 fully saturated rings. The highest BCUT2D eigenvalue weighted by Gasteiger charge is 2.36. The second-order valence-electron chi connectivity index (χ2n) is 6.62. The standard InChI is InChI=1S/C16H27NO3Si/c1-8-20-16(19)15-11(3)10(2)13(17-12(4)18)9-14(15)21(5,6)7/h9-10,13H,8H2,1-7H3,(H,17,18)/t10-,13+/m1/s1. The fraction of sp³-hybridized carbons (Fsp3) is 0.625. The van der Waals surface area contributed by atoms with Crippen LogP contribution in [0.3, 0.4) is 0 Å². The van der Waals surface area contributed by atoms with Gasteiger partial charge in [-0.25, -0.2) is 4.79 Å². The van der Waals surface area contributed by atoms with Crippen molar-refractivity contribution >= 4 is 20.0 Å². The molecule has 0 aromatic carbocycles. The van der Waals surface area contributed by atoms with E-state index in [9.17, 15) is 9.59 Å². The highest BCUT2D eigenvalue weighted by Crippen LogP contribution is 2.35. The van der Waals surface area contributed by atoms with E-state index in [-0.39, 0.29) is 23.8 Å². The van der Waals surface area contributed by atoms with Crippen LogP contribution in [-0.2, 0) is 14.3 Å². The van der Waals surface area contributed by atoms with E-state index in [1.807, 2.05) is 20.8 Å². The molecule has 1 aliphatic carbocycles. The Labute approximate surface area is 128 Å². The first-order valence-electron chi connectivity index (χ1n) is 7.47. The van der Waals surface area contributed by atoms with E-state index in [1.165, 1.54) is 6.92 Å². The molecule has 118 valence electrons. The molecule has 4 nitrogen and oxygen atoms in total. The van der Waals surface area contributed by atoms with Gasteiger partial charge < -0.3 is 10.1 Å². The number of esters is 1. The van der Waals surface area contributed by atoms with Crippen LogP contribution in [0.4, 0.5) is 0 Å². The number of rotatable bonds is 4. The number of nitrogens with one attached hydrogen (secondary N) is 1. The van der Waals surface area contributed by atoms with E-state index in [1.54, 1.807) is 0 Å². The normalized spacial score (nSPS) is 22.7. The van der Waals surface area contributed by atoms with Gasteiger partial charge in [-0.1, -0.05) is 38.2 Å². The quantitative estimate of drug-likeness (QED) is 0.642. The minimum atomic E-state index is -1.72. The van der Waals surface area contributed by atoms with Crippen molar-refractivity contribution < 1.29 is 14.3 Å². The predicted octanol–water partition coefficient (Wildman–Crippen LogP) is 2.82. The molecule has 1 N–H and O–H groups in total. The summed E-state index contributed by atoms with van der Waals surface area (Å²) in [5, 5.41) is 4.06. The molecular weight excluding hydrogens is 282 g/mol. The maximum absolute atomic E-state index is 12.4. The highest BCUT2D eigenvalue weighted by molar-refractivity contribution is 6.84. The molecule has 0 saturated heterocycles. The largest absolute Gasteiger partial charge is 0.462 e. The van der Waals surface area contributed by atoms with Crippen molar-refractivity contribution in [2.45, 2.75) is 53.4 Å². The maximum atomic E-state index is 12.4. The van der Waals surface area contributed by atoms with Gasteiger partial charge in [0.1, 0.15) is 0 Å². The third-order valence-corrected chi connectivity index (χ3v) is 5.92. The molecule has 0 aromatic heterocycles. The molecule has 0 radical (unpaired) electrons. The number of carbonyl (C=O) groups excluding carboxylic acids is 2. The second-order valence-corrected chi connectivity index (χ2v) is 11.7. The smallest absolute Gasteiger partial charge is 0.337 e. The van der Waals surface area contributed by atoms with E-state index >= 15 is 0 Å². The number of amides is 1. The summed E-state index contributed by atoms with van der Waals surface area (Å²) in [6, 6.07) is -0.0533. The van der Waals surface area contributed by atoms with Crippen LogP contribution in [0, 0.1) is 5.92 Å². The third-order valence-electron chi connectivity index (χ3n) is 3.89. The van der Waals surface area contributed by atoms with E-state index in [2.05, 4.69) is 31.0 Å². The zero-order valence-corrected chi connectivity index (χ0v) is 15.2. The topological polar surface area (TPSA) is 55.4 Å². The Hall–Kier alpha value is -1.36. The van der Waals surface area contributed by atoms with Gasteiger partial charge in [-0.2, -0.15) is 0 Å². The van der Waals surface area contributed by atoms with Crippen LogP contribution in [0.1, 0.15) is 27.7 Å². The van der Waals surface area contributed by atoms with E-state index in [0.29, 0.717) is 6.61 Å². The van der Waals surface area contributed by atoms with Gasteiger partial charge in [0.05, 0.1) is 26.3 Å². The maximum Gasteiger partial charge on any atom is 0.337 e. The van der Waals surface area contributed by atoms with E-state index in [4.69, 9.17) is 4.74 Å². The summed E-state index contributed by atoms with van der Waals surface area (Å²) < 4.78 is 5.24. The predicted molar refractivity (Wildman–Crippen MR) is 87.5 cm³/mol. The molecule has 1 rings (SSSR count). The van der Waals surface area contributed by atoms with Crippen molar-refractivity contribution in [2.24, 2.45) is 5.92 Å². The molecule has 0 spiro atoms. The number of carbonyl (C=O) groups is 2. The van der Waals surface area contributed by atoms with Crippen LogP contribution >= 0.6 is 0 Å². The second kappa shape index (κ2) is 6.60. The zero-order valence-electron chi connectivity index (χ0n) is 14.2. The van der Waals surface area contributed by atoms with Crippen LogP contribution in [0.5, 0.6) is 0 Å². The summed E-state index contributed by atoms with van der Waals surface area (Å²) in [4.78, 5) is 23.8. The summed E-state index contributed by atoms with van der Waals surface area (Å²) in [6.07, 6.45) is 2.07. The van der Waals surface area contributed by atoms with Gasteiger partial charge in [0.25, 0.3) is 0 Å². The number of hydrogen-bond acceptors (Lipinski definition) is 3. The Morgan fingerprint density at radius 3 is 2.33 bits per heavy atom. The van der Waals surface area contributed by atoms with Gasteiger partial charge in [0.2, 0.25) is 5.91 Å². The van der Waals surface area contributed by atoms with Crippen molar-refractivity contribution in [2.75, 3.05) is 6.61 Å². The van der Waals surface area contributed by atoms with Crippen LogP contribution in [0.25, 0.3) is 0 Å². The Morgan fingerprint density at radius 2 is 1.90 bits per heavy atom. The van der Waals surface area contributed by atoms with Gasteiger partial charge in [0, 0.05) is 12.8 Å². The summed E-state index contributed by atoms with van der Waals surface area (Å²) in [5.74, 6) is -0.199. The minimum Gasteiger partial charge on any atom is -0.462 e. The lowest BCUT2D eigenvalue weighted by Gasteiger charge is -2.35. The van der Waals surface area contributed by atoms with E-state index in [0.717, 1.165) is 16.3 Å². The zero-order chi connectivity index (χ0) is 16.4. The monoisotopic (exact) mass is 309 g/mol. The molecule has 0 heterocycles. The van der Waals surface area contributed by atoms with Crippen molar-refractivity contribution in [3.8, 4) is 0 Å². The van der Waals surface area contributed by atoms with Gasteiger partial charge in [-0.3, -0.25) is 4.79 Å². The van der Waals surface area contributed by atoms with Gasteiger partial charge in [0.15, 0.2) is 0 Å².